The Bertz CT molecular complexity index is 671. The second-order valence-corrected chi connectivity index (χ2v) is 6.92. The number of esters is 1. The largest absolute Gasteiger partial charge is 0.469 e. The average molecular weight is 343 g/mol. The van der Waals surface area contributed by atoms with E-state index in [0.717, 1.165) is 11.3 Å². The van der Waals surface area contributed by atoms with E-state index >= 15 is 0 Å². The predicted octanol–water partition coefficient (Wildman–Crippen LogP) is 3.28. The van der Waals surface area contributed by atoms with E-state index < -0.39 is 17.6 Å². The zero-order valence-corrected chi connectivity index (χ0v) is 15.0. The van der Waals surface area contributed by atoms with Crippen LogP contribution < -0.4 is 5.32 Å². The normalized spacial score (nSPS) is 12.4. The summed E-state index contributed by atoms with van der Waals surface area (Å²) in [5, 5.41) is 2.80. The summed E-state index contributed by atoms with van der Waals surface area (Å²) in [5.74, 6) is 0.109. The van der Waals surface area contributed by atoms with Gasteiger partial charge in [-0.15, -0.1) is 0 Å². The maximum atomic E-state index is 12.5. The molecule has 134 valence electrons. The first kappa shape index (κ1) is 18.8. The van der Waals surface area contributed by atoms with E-state index in [0.29, 0.717) is 12.8 Å². The van der Waals surface area contributed by atoms with Crippen molar-refractivity contribution in [3.8, 4) is 0 Å². The SMILES string of the molecule is CC(C)(C)OC(=O)[C@H](Cc1ccccc1)NC(=O)CCc1ccco1. The highest BCUT2D eigenvalue weighted by atomic mass is 16.6. The molecule has 5 heteroatoms. The van der Waals surface area contributed by atoms with Crippen LogP contribution in [0.3, 0.4) is 0 Å². The van der Waals surface area contributed by atoms with E-state index in [-0.39, 0.29) is 12.3 Å². The van der Waals surface area contributed by atoms with Crippen molar-refractivity contribution < 1.29 is 18.7 Å². The molecule has 0 bridgehead atoms. The van der Waals surface area contributed by atoms with Crippen molar-refractivity contribution in [2.24, 2.45) is 0 Å². The summed E-state index contributed by atoms with van der Waals surface area (Å²) in [5.41, 5.74) is 0.356. The molecule has 0 unspecified atom stereocenters. The minimum atomic E-state index is -0.717. The third kappa shape index (κ3) is 6.83. The van der Waals surface area contributed by atoms with Crippen molar-refractivity contribution in [3.63, 3.8) is 0 Å². The van der Waals surface area contributed by atoms with Crippen LogP contribution in [-0.2, 0) is 27.2 Å². The van der Waals surface area contributed by atoms with Gasteiger partial charge in [-0.25, -0.2) is 4.79 Å². The fourth-order valence-electron chi connectivity index (χ4n) is 2.37. The number of hydrogen-bond acceptors (Lipinski definition) is 4. The van der Waals surface area contributed by atoms with Gasteiger partial charge in [0.1, 0.15) is 17.4 Å². The number of ether oxygens (including phenoxy) is 1. The van der Waals surface area contributed by atoms with E-state index in [9.17, 15) is 9.59 Å². The molecule has 0 aliphatic carbocycles. The molecule has 0 radical (unpaired) electrons. The Morgan fingerprint density at radius 2 is 1.84 bits per heavy atom. The van der Waals surface area contributed by atoms with Crippen LogP contribution in [0, 0.1) is 0 Å². The molecule has 0 saturated carbocycles. The van der Waals surface area contributed by atoms with Gasteiger partial charge in [-0.2, -0.15) is 0 Å². The standard InChI is InChI=1S/C20H25NO4/c1-20(2,3)25-19(23)17(14-15-8-5-4-6-9-15)21-18(22)12-11-16-10-7-13-24-16/h4-10,13,17H,11-12,14H2,1-3H3,(H,21,22)/t17-/m0/s1. The maximum Gasteiger partial charge on any atom is 0.329 e. The lowest BCUT2D eigenvalue weighted by Crippen LogP contribution is -2.45. The van der Waals surface area contributed by atoms with Gasteiger partial charge in [-0.05, 0) is 38.5 Å². The van der Waals surface area contributed by atoms with Crippen molar-refractivity contribution >= 4 is 11.9 Å². The van der Waals surface area contributed by atoms with E-state index in [1.165, 1.54) is 0 Å². The quantitative estimate of drug-likeness (QED) is 0.783. The van der Waals surface area contributed by atoms with E-state index in [4.69, 9.17) is 9.15 Å². The minimum absolute atomic E-state index is 0.205. The molecular formula is C20H25NO4. The molecule has 0 fully saturated rings. The van der Waals surface area contributed by atoms with E-state index in [2.05, 4.69) is 5.32 Å². The second kappa shape index (κ2) is 8.51. The second-order valence-electron chi connectivity index (χ2n) is 6.92. The van der Waals surface area contributed by atoms with Crippen molar-refractivity contribution in [3.05, 3.63) is 60.1 Å². The van der Waals surface area contributed by atoms with Crippen LogP contribution in [0.1, 0.15) is 38.5 Å². The fourth-order valence-corrected chi connectivity index (χ4v) is 2.37. The summed E-state index contributed by atoms with van der Waals surface area (Å²) >= 11 is 0. The molecule has 0 aliphatic rings. The van der Waals surface area contributed by atoms with Gasteiger partial charge in [-0.1, -0.05) is 30.3 Å². The average Bonchev–Trinajstić information content (AvgIpc) is 3.05. The van der Waals surface area contributed by atoms with Gasteiger partial charge >= 0.3 is 5.97 Å². The Balaban J connectivity index is 1.99. The predicted molar refractivity (Wildman–Crippen MR) is 95.0 cm³/mol. The smallest absolute Gasteiger partial charge is 0.329 e. The van der Waals surface area contributed by atoms with Gasteiger partial charge < -0.3 is 14.5 Å². The summed E-state index contributed by atoms with van der Waals surface area (Å²) in [6, 6.07) is 12.5. The molecule has 1 aromatic heterocycles. The molecule has 0 aliphatic heterocycles. The Morgan fingerprint density at radius 1 is 1.12 bits per heavy atom. The molecule has 1 atom stereocenters. The molecule has 0 saturated heterocycles. The number of carbonyl (C=O) groups excluding carboxylic acids is 2. The lowest BCUT2D eigenvalue weighted by atomic mass is 10.1. The van der Waals surface area contributed by atoms with Gasteiger partial charge in [0.25, 0.3) is 0 Å². The number of furan rings is 1. The van der Waals surface area contributed by atoms with Crippen LogP contribution in [0.4, 0.5) is 0 Å². The zero-order chi connectivity index (χ0) is 18.3. The third-order valence-corrected chi connectivity index (χ3v) is 3.49. The zero-order valence-electron chi connectivity index (χ0n) is 15.0. The summed E-state index contributed by atoms with van der Waals surface area (Å²) in [6.07, 6.45) is 2.71. The molecular weight excluding hydrogens is 318 g/mol. The van der Waals surface area contributed by atoms with E-state index in [1.54, 1.807) is 12.3 Å². The number of hydrogen-bond donors (Lipinski definition) is 1. The van der Waals surface area contributed by atoms with Crippen LogP contribution in [0.15, 0.2) is 53.1 Å². The van der Waals surface area contributed by atoms with Crippen molar-refractivity contribution in [2.75, 3.05) is 0 Å². The van der Waals surface area contributed by atoms with Crippen molar-refractivity contribution in [1.82, 2.24) is 5.32 Å². The molecule has 1 heterocycles. The van der Waals surface area contributed by atoms with Crippen molar-refractivity contribution in [2.45, 2.75) is 51.7 Å². The molecule has 1 aromatic carbocycles. The van der Waals surface area contributed by atoms with Crippen LogP contribution in [0.5, 0.6) is 0 Å². The van der Waals surface area contributed by atoms with Gasteiger partial charge in [0.15, 0.2) is 0 Å². The molecule has 5 nitrogen and oxygen atoms in total. The third-order valence-electron chi connectivity index (χ3n) is 3.49. The summed E-state index contributed by atoms with van der Waals surface area (Å²) < 4.78 is 10.7. The molecule has 2 rings (SSSR count). The summed E-state index contributed by atoms with van der Waals surface area (Å²) in [4.78, 5) is 24.7. The minimum Gasteiger partial charge on any atom is -0.469 e. The first-order chi connectivity index (χ1) is 11.8. The number of amides is 1. The first-order valence-electron chi connectivity index (χ1n) is 8.42. The van der Waals surface area contributed by atoms with Gasteiger partial charge in [-0.3, -0.25) is 4.79 Å². The summed E-state index contributed by atoms with van der Waals surface area (Å²) in [7, 11) is 0. The van der Waals surface area contributed by atoms with Gasteiger partial charge in [0.2, 0.25) is 5.91 Å². The molecule has 0 spiro atoms. The Hall–Kier alpha value is -2.56. The first-order valence-corrected chi connectivity index (χ1v) is 8.42. The van der Waals surface area contributed by atoms with Crippen molar-refractivity contribution in [1.29, 1.82) is 0 Å². The van der Waals surface area contributed by atoms with E-state index in [1.807, 2.05) is 57.2 Å². The van der Waals surface area contributed by atoms with Gasteiger partial charge in [0, 0.05) is 19.3 Å². The van der Waals surface area contributed by atoms with Crippen LogP contribution in [0.2, 0.25) is 0 Å². The molecule has 1 N–H and O–H groups in total. The number of nitrogens with one attached hydrogen (secondary N) is 1. The molecule has 1 amide bonds. The number of carbonyl (C=O) groups is 2. The lowest BCUT2D eigenvalue weighted by Gasteiger charge is -2.24. The van der Waals surface area contributed by atoms with Gasteiger partial charge in [0.05, 0.1) is 6.26 Å². The number of aryl methyl sites for hydroxylation is 1. The van der Waals surface area contributed by atoms with Crippen LogP contribution in [-0.4, -0.2) is 23.5 Å². The highest BCUT2D eigenvalue weighted by molar-refractivity contribution is 5.85. The summed E-state index contributed by atoms with van der Waals surface area (Å²) in [6.45, 7) is 5.43. The number of benzene rings is 1. The highest BCUT2D eigenvalue weighted by Gasteiger charge is 2.26. The molecule has 2 aromatic rings. The fraction of sp³-hybridized carbons (Fsp3) is 0.400. The van der Waals surface area contributed by atoms with Crippen LogP contribution in [0.25, 0.3) is 0 Å². The highest BCUT2D eigenvalue weighted by Crippen LogP contribution is 2.12. The topological polar surface area (TPSA) is 68.5 Å². The Morgan fingerprint density at radius 3 is 2.44 bits per heavy atom. The Kier molecular flexibility index (Phi) is 6.39. The lowest BCUT2D eigenvalue weighted by molar-refractivity contribution is -0.158. The maximum absolute atomic E-state index is 12.5. The van der Waals surface area contributed by atoms with Crippen LogP contribution >= 0.6 is 0 Å². The number of rotatable bonds is 7. The molecule has 25 heavy (non-hydrogen) atoms. The Labute approximate surface area is 148 Å². The monoisotopic (exact) mass is 343 g/mol.